The first kappa shape index (κ1) is 24.6. The second kappa shape index (κ2) is 14.6. The molecule has 27 heavy (non-hydrogen) atoms. The van der Waals surface area contributed by atoms with E-state index < -0.39 is 13.9 Å². The first-order valence-electron chi connectivity index (χ1n) is 10.9. The van der Waals surface area contributed by atoms with Crippen molar-refractivity contribution in [2.24, 2.45) is 0 Å². The Bertz CT molecular complexity index is 440. The van der Waals surface area contributed by atoms with Crippen LogP contribution < -0.4 is 0 Å². The van der Waals surface area contributed by atoms with Crippen LogP contribution in [0, 0.1) is 0 Å². The van der Waals surface area contributed by atoms with Gasteiger partial charge in [-0.15, -0.1) is 0 Å². The third-order valence-electron chi connectivity index (χ3n) is 5.28. The highest BCUT2D eigenvalue weighted by Gasteiger charge is 2.31. The highest BCUT2D eigenvalue weighted by molar-refractivity contribution is 7.46. The molecule has 1 fully saturated rings. The van der Waals surface area contributed by atoms with Gasteiger partial charge < -0.3 is 14.7 Å². The van der Waals surface area contributed by atoms with Crippen molar-refractivity contribution in [2.75, 3.05) is 13.1 Å². The average Bonchev–Trinajstić information content (AvgIpc) is 3.05. The van der Waals surface area contributed by atoms with Gasteiger partial charge in [0.15, 0.2) is 0 Å². The van der Waals surface area contributed by atoms with Crippen LogP contribution >= 0.6 is 7.82 Å². The molecule has 0 aliphatic carbocycles. The lowest BCUT2D eigenvalue weighted by molar-refractivity contribution is -0.130. The summed E-state index contributed by atoms with van der Waals surface area (Å²) >= 11 is 0. The number of unbranched alkanes of at least 4 members (excludes halogenated alkanes) is 12. The first-order valence-corrected chi connectivity index (χ1v) is 12.5. The van der Waals surface area contributed by atoms with Crippen molar-refractivity contribution < 1.29 is 23.7 Å². The van der Waals surface area contributed by atoms with E-state index in [1.165, 1.54) is 70.6 Å². The quantitative estimate of drug-likeness (QED) is 0.273. The van der Waals surface area contributed by atoms with Gasteiger partial charge in [-0.25, -0.2) is 4.57 Å². The molecule has 6 nitrogen and oxygen atoms in total. The summed E-state index contributed by atoms with van der Waals surface area (Å²) in [6.45, 7) is 3.08. The van der Waals surface area contributed by atoms with Crippen LogP contribution in [-0.4, -0.2) is 39.8 Å². The van der Waals surface area contributed by atoms with Gasteiger partial charge in [0.2, 0.25) is 5.91 Å². The first-order chi connectivity index (χ1) is 12.9. The van der Waals surface area contributed by atoms with E-state index in [-0.39, 0.29) is 5.91 Å². The largest absolute Gasteiger partial charge is 0.469 e. The number of hydrogen-bond acceptors (Lipinski definition) is 3. The van der Waals surface area contributed by atoms with Gasteiger partial charge in [-0.2, -0.15) is 0 Å². The minimum atomic E-state index is -4.46. The molecule has 1 aliphatic heterocycles. The highest BCUT2D eigenvalue weighted by atomic mass is 31.2. The molecule has 1 atom stereocenters. The summed E-state index contributed by atoms with van der Waals surface area (Å²) in [6.07, 6.45) is 17.1. The van der Waals surface area contributed by atoms with Crippen molar-refractivity contribution in [1.29, 1.82) is 0 Å². The van der Waals surface area contributed by atoms with E-state index in [9.17, 15) is 9.36 Å². The van der Waals surface area contributed by atoms with E-state index in [0.717, 1.165) is 12.8 Å². The Morgan fingerprint density at radius 1 is 0.926 bits per heavy atom. The SMILES string of the molecule is CCCCCCCCCCCCCCCC(=O)N1CC[C@H](OP(=O)(O)O)C1. The zero-order valence-electron chi connectivity index (χ0n) is 17.1. The van der Waals surface area contributed by atoms with E-state index in [2.05, 4.69) is 11.4 Å². The van der Waals surface area contributed by atoms with Crippen LogP contribution in [0.3, 0.4) is 0 Å². The summed E-state index contributed by atoms with van der Waals surface area (Å²) in [7, 11) is -4.46. The molecular weight excluding hydrogens is 365 g/mol. The number of carbonyl (C=O) groups is 1. The number of rotatable bonds is 16. The second-order valence-corrected chi connectivity index (χ2v) is 9.03. The summed E-state index contributed by atoms with van der Waals surface area (Å²) < 4.78 is 15.5. The summed E-state index contributed by atoms with van der Waals surface area (Å²) in [6, 6.07) is 0. The van der Waals surface area contributed by atoms with Gasteiger partial charge in [0.05, 0.1) is 6.10 Å². The van der Waals surface area contributed by atoms with Crippen LogP contribution in [0.25, 0.3) is 0 Å². The van der Waals surface area contributed by atoms with Crippen molar-refractivity contribution in [3.05, 3.63) is 0 Å². The normalized spacial score (nSPS) is 17.6. The summed E-state index contributed by atoms with van der Waals surface area (Å²) in [4.78, 5) is 31.4. The van der Waals surface area contributed by atoms with Gasteiger partial charge in [-0.3, -0.25) is 9.32 Å². The molecule has 7 heteroatoms. The van der Waals surface area contributed by atoms with Gasteiger partial charge in [0.1, 0.15) is 0 Å². The number of phosphoric acid groups is 1. The molecule has 0 aromatic heterocycles. The highest BCUT2D eigenvalue weighted by Crippen LogP contribution is 2.39. The topological polar surface area (TPSA) is 87.1 Å². The molecule has 1 rings (SSSR count). The van der Waals surface area contributed by atoms with Gasteiger partial charge in [0, 0.05) is 19.5 Å². The van der Waals surface area contributed by atoms with Crippen molar-refractivity contribution in [3.63, 3.8) is 0 Å². The molecule has 0 aromatic carbocycles. The zero-order valence-corrected chi connectivity index (χ0v) is 18.0. The molecule has 160 valence electrons. The smallest absolute Gasteiger partial charge is 0.340 e. The third-order valence-corrected chi connectivity index (χ3v) is 5.85. The Balaban J connectivity index is 1.89. The standard InChI is InChI=1S/C20H40NO5P/c1-2-3-4-5-6-7-8-9-10-11-12-13-14-15-20(22)21-17-16-19(18-21)26-27(23,24)25/h19H,2-18H2,1H3,(H2,23,24,25)/t19-/m0/s1. The van der Waals surface area contributed by atoms with E-state index in [1.807, 2.05) is 0 Å². The molecule has 0 radical (unpaired) electrons. The Hall–Kier alpha value is -0.420. The average molecular weight is 406 g/mol. The van der Waals surface area contributed by atoms with Crippen molar-refractivity contribution in [3.8, 4) is 0 Å². The molecule has 0 saturated carbocycles. The minimum Gasteiger partial charge on any atom is -0.340 e. The fourth-order valence-electron chi connectivity index (χ4n) is 3.69. The molecule has 1 heterocycles. The zero-order chi connectivity index (χ0) is 20.0. The lowest BCUT2D eigenvalue weighted by atomic mass is 10.0. The van der Waals surface area contributed by atoms with Crippen LogP contribution in [0.4, 0.5) is 0 Å². The second-order valence-electron chi connectivity index (χ2n) is 7.84. The molecule has 0 aromatic rings. The van der Waals surface area contributed by atoms with Gasteiger partial charge in [0.25, 0.3) is 0 Å². The Kier molecular flexibility index (Phi) is 13.3. The predicted molar refractivity (Wildman–Crippen MR) is 108 cm³/mol. The predicted octanol–water partition coefficient (Wildman–Crippen LogP) is 5.18. The molecule has 0 bridgehead atoms. The Labute approximate surface area is 165 Å². The van der Waals surface area contributed by atoms with Crippen molar-refractivity contribution in [1.82, 2.24) is 4.90 Å². The maximum atomic E-state index is 12.1. The van der Waals surface area contributed by atoms with E-state index in [0.29, 0.717) is 25.9 Å². The van der Waals surface area contributed by atoms with Crippen molar-refractivity contribution in [2.45, 2.75) is 109 Å². The lowest BCUT2D eigenvalue weighted by Gasteiger charge is -2.16. The lowest BCUT2D eigenvalue weighted by Crippen LogP contribution is -2.29. The van der Waals surface area contributed by atoms with Gasteiger partial charge in [-0.1, -0.05) is 84.0 Å². The molecule has 1 amide bonds. The van der Waals surface area contributed by atoms with Crippen LogP contribution in [0.2, 0.25) is 0 Å². The Morgan fingerprint density at radius 2 is 1.41 bits per heavy atom. The molecule has 1 aliphatic rings. The number of amides is 1. The number of hydrogen-bond donors (Lipinski definition) is 2. The monoisotopic (exact) mass is 405 g/mol. The van der Waals surface area contributed by atoms with Gasteiger partial charge in [-0.05, 0) is 12.8 Å². The fourth-order valence-corrected chi connectivity index (χ4v) is 4.25. The molecular formula is C20H40NO5P. The van der Waals surface area contributed by atoms with E-state index >= 15 is 0 Å². The molecule has 0 spiro atoms. The molecule has 1 saturated heterocycles. The number of phosphoric ester groups is 1. The maximum Gasteiger partial charge on any atom is 0.469 e. The van der Waals surface area contributed by atoms with Crippen LogP contribution in [0.15, 0.2) is 0 Å². The number of likely N-dealkylation sites (tertiary alicyclic amines) is 1. The summed E-state index contributed by atoms with van der Waals surface area (Å²) in [5.41, 5.74) is 0. The summed E-state index contributed by atoms with van der Waals surface area (Å²) in [5, 5.41) is 0. The third kappa shape index (κ3) is 13.4. The maximum absolute atomic E-state index is 12.1. The van der Waals surface area contributed by atoms with Crippen LogP contribution in [0.1, 0.15) is 103 Å². The molecule has 2 N–H and O–H groups in total. The number of nitrogens with zero attached hydrogens (tertiary/aromatic N) is 1. The van der Waals surface area contributed by atoms with Crippen molar-refractivity contribution >= 4 is 13.7 Å². The van der Waals surface area contributed by atoms with E-state index in [1.54, 1.807) is 4.90 Å². The molecule has 0 unspecified atom stereocenters. The minimum absolute atomic E-state index is 0.0786. The Morgan fingerprint density at radius 3 is 1.89 bits per heavy atom. The van der Waals surface area contributed by atoms with Gasteiger partial charge >= 0.3 is 7.82 Å². The summed E-state index contributed by atoms with van der Waals surface area (Å²) in [5.74, 6) is 0.0786. The van der Waals surface area contributed by atoms with E-state index in [4.69, 9.17) is 9.79 Å². The van der Waals surface area contributed by atoms with Crippen LogP contribution in [0.5, 0.6) is 0 Å². The number of carbonyl (C=O) groups excluding carboxylic acids is 1. The fraction of sp³-hybridized carbons (Fsp3) is 0.950. The van der Waals surface area contributed by atoms with Crippen LogP contribution in [-0.2, 0) is 13.9 Å².